The number of hydrogen-bond acceptors (Lipinski definition) is 4. The van der Waals surface area contributed by atoms with Crippen molar-refractivity contribution in [2.75, 3.05) is 19.6 Å². The fraction of sp³-hybridized carbons (Fsp3) is 0.750. The second-order valence-corrected chi connectivity index (χ2v) is 10.8. The Kier molecular flexibility index (Phi) is 4.85. The first-order valence-corrected chi connectivity index (χ1v) is 11.0. The normalized spacial score (nSPS) is 40.8. The monoisotopic (exact) mass is 385 g/mol. The van der Waals surface area contributed by atoms with Gasteiger partial charge in [-0.3, -0.25) is 9.59 Å². The second kappa shape index (κ2) is 6.83. The minimum atomic E-state index is -0.218. The van der Waals surface area contributed by atoms with Crippen LogP contribution in [-0.4, -0.2) is 42.4 Å². The van der Waals surface area contributed by atoms with Crippen molar-refractivity contribution >= 4 is 11.8 Å². The van der Waals surface area contributed by atoms with Gasteiger partial charge in [0.25, 0.3) is 0 Å². The SMILES string of the molecule is CC1=C2[C@H]3OC(=O)[C@H](CN4CC[C@H](C)CC(C)(C)C4)[C@@H]3CC[C@@]2(C)C=CC1=O. The van der Waals surface area contributed by atoms with E-state index in [1.165, 1.54) is 12.8 Å². The lowest BCUT2D eigenvalue weighted by Gasteiger charge is -2.43. The number of nitrogens with zero attached hydrogens (tertiary/aromatic N) is 1. The molecule has 4 nitrogen and oxygen atoms in total. The predicted molar refractivity (Wildman–Crippen MR) is 110 cm³/mol. The van der Waals surface area contributed by atoms with E-state index in [1.807, 2.05) is 13.0 Å². The Hall–Kier alpha value is -1.42. The van der Waals surface area contributed by atoms with E-state index >= 15 is 0 Å². The van der Waals surface area contributed by atoms with E-state index in [4.69, 9.17) is 4.74 Å². The molecule has 0 spiro atoms. The number of likely N-dealkylation sites (tertiary alicyclic amines) is 1. The molecule has 2 aliphatic carbocycles. The Morgan fingerprint density at radius 2 is 1.96 bits per heavy atom. The first kappa shape index (κ1) is 19.9. The number of ketones is 1. The average molecular weight is 386 g/mol. The zero-order valence-corrected chi connectivity index (χ0v) is 18.1. The van der Waals surface area contributed by atoms with E-state index in [-0.39, 0.29) is 40.5 Å². The van der Waals surface area contributed by atoms with Crippen LogP contribution in [0, 0.1) is 28.6 Å². The highest BCUT2D eigenvalue weighted by Crippen LogP contribution is 2.53. The molecule has 0 N–H and O–H groups in total. The highest BCUT2D eigenvalue weighted by Gasteiger charge is 2.54. The highest BCUT2D eigenvalue weighted by molar-refractivity contribution is 6.05. The molecule has 0 bridgehead atoms. The van der Waals surface area contributed by atoms with Gasteiger partial charge in [0.2, 0.25) is 0 Å². The standard InChI is InChI=1S/C24H35NO3/c1-15-8-11-25(14-23(3,4)12-15)13-18-17-6-9-24(5)10-7-19(26)16(2)20(24)21(17)28-22(18)27/h7,10,15,17-18,21H,6,8-9,11-14H2,1-5H3/t15-,17-,18+,21-,24-/m0/s1. The third-order valence-electron chi connectivity index (χ3n) is 7.67. The Labute approximate surface area is 169 Å². The van der Waals surface area contributed by atoms with Gasteiger partial charge in [0.15, 0.2) is 5.78 Å². The largest absolute Gasteiger partial charge is 0.457 e. The molecule has 2 aliphatic heterocycles. The Morgan fingerprint density at radius 1 is 1.21 bits per heavy atom. The van der Waals surface area contributed by atoms with E-state index in [0.29, 0.717) is 0 Å². The van der Waals surface area contributed by atoms with E-state index in [9.17, 15) is 9.59 Å². The maximum Gasteiger partial charge on any atom is 0.311 e. The molecule has 154 valence electrons. The number of ether oxygens (including phenoxy) is 1. The summed E-state index contributed by atoms with van der Waals surface area (Å²) in [6.45, 7) is 14.0. The number of carbonyl (C=O) groups is 2. The molecule has 0 radical (unpaired) electrons. The molecule has 4 heteroatoms. The van der Waals surface area contributed by atoms with Crippen molar-refractivity contribution in [1.29, 1.82) is 0 Å². The van der Waals surface area contributed by atoms with Crippen molar-refractivity contribution in [2.24, 2.45) is 28.6 Å². The second-order valence-electron chi connectivity index (χ2n) is 10.8. The van der Waals surface area contributed by atoms with Gasteiger partial charge in [-0.15, -0.1) is 0 Å². The summed E-state index contributed by atoms with van der Waals surface area (Å²) in [5.41, 5.74) is 1.99. The Morgan fingerprint density at radius 3 is 2.71 bits per heavy atom. The quantitative estimate of drug-likeness (QED) is 0.670. The number of hydrogen-bond donors (Lipinski definition) is 0. The van der Waals surface area contributed by atoms with Gasteiger partial charge >= 0.3 is 5.97 Å². The summed E-state index contributed by atoms with van der Waals surface area (Å²) in [6, 6.07) is 0. The van der Waals surface area contributed by atoms with Gasteiger partial charge in [0.05, 0.1) is 5.92 Å². The van der Waals surface area contributed by atoms with Gasteiger partial charge in [-0.25, -0.2) is 0 Å². The third kappa shape index (κ3) is 3.38. The van der Waals surface area contributed by atoms with Crippen molar-refractivity contribution in [3.8, 4) is 0 Å². The summed E-state index contributed by atoms with van der Waals surface area (Å²) in [7, 11) is 0. The maximum atomic E-state index is 12.9. The number of rotatable bonds is 2. The van der Waals surface area contributed by atoms with E-state index < -0.39 is 0 Å². The van der Waals surface area contributed by atoms with Crippen molar-refractivity contribution in [3.05, 3.63) is 23.3 Å². The summed E-state index contributed by atoms with van der Waals surface area (Å²) < 4.78 is 5.97. The topological polar surface area (TPSA) is 46.6 Å². The summed E-state index contributed by atoms with van der Waals surface area (Å²) in [4.78, 5) is 27.7. The van der Waals surface area contributed by atoms with Gasteiger partial charge in [-0.05, 0) is 62.1 Å². The van der Waals surface area contributed by atoms with Gasteiger partial charge in [-0.2, -0.15) is 0 Å². The molecule has 0 aromatic heterocycles. The first-order chi connectivity index (χ1) is 13.1. The molecule has 4 rings (SSSR count). The van der Waals surface area contributed by atoms with Gasteiger partial charge in [0, 0.05) is 30.0 Å². The summed E-state index contributed by atoms with van der Waals surface area (Å²) in [6.07, 6.45) is 7.93. The molecule has 0 aromatic rings. The van der Waals surface area contributed by atoms with Gasteiger partial charge in [0.1, 0.15) is 6.10 Å². The van der Waals surface area contributed by atoms with Crippen molar-refractivity contribution < 1.29 is 14.3 Å². The molecule has 28 heavy (non-hydrogen) atoms. The summed E-state index contributed by atoms with van der Waals surface area (Å²) in [5.74, 6) is 0.868. The molecular weight excluding hydrogens is 350 g/mol. The number of carbonyl (C=O) groups excluding carboxylic acids is 2. The van der Waals surface area contributed by atoms with Crippen LogP contribution >= 0.6 is 0 Å². The fourth-order valence-electron chi connectivity index (χ4n) is 6.41. The van der Waals surface area contributed by atoms with E-state index in [0.717, 1.165) is 49.5 Å². The smallest absolute Gasteiger partial charge is 0.311 e. The third-order valence-corrected chi connectivity index (χ3v) is 7.67. The zero-order valence-electron chi connectivity index (χ0n) is 18.1. The molecule has 5 atom stereocenters. The number of esters is 1. The first-order valence-electron chi connectivity index (χ1n) is 11.0. The maximum absolute atomic E-state index is 12.9. The molecule has 1 saturated carbocycles. The van der Waals surface area contributed by atoms with Crippen LogP contribution < -0.4 is 0 Å². The van der Waals surface area contributed by atoms with Crippen LogP contribution in [0.3, 0.4) is 0 Å². The molecule has 0 amide bonds. The van der Waals surface area contributed by atoms with Crippen LogP contribution in [0.4, 0.5) is 0 Å². The minimum Gasteiger partial charge on any atom is -0.457 e. The summed E-state index contributed by atoms with van der Waals surface area (Å²) in [5, 5.41) is 0. The van der Waals surface area contributed by atoms with Crippen LogP contribution in [0.1, 0.15) is 60.3 Å². The fourth-order valence-corrected chi connectivity index (χ4v) is 6.41. The molecule has 2 heterocycles. The molecular formula is C24H35NO3. The van der Waals surface area contributed by atoms with Crippen LogP contribution in [-0.2, 0) is 14.3 Å². The Bertz CT molecular complexity index is 749. The average Bonchev–Trinajstić information content (AvgIpc) is 2.82. The molecule has 2 saturated heterocycles. The molecule has 3 fully saturated rings. The number of fused-ring (bicyclic) bond motifs is 3. The van der Waals surface area contributed by atoms with Crippen LogP contribution in [0.15, 0.2) is 23.3 Å². The molecule has 4 aliphatic rings. The van der Waals surface area contributed by atoms with E-state index in [2.05, 4.69) is 32.6 Å². The van der Waals surface area contributed by atoms with Crippen LogP contribution in [0.5, 0.6) is 0 Å². The summed E-state index contributed by atoms with van der Waals surface area (Å²) >= 11 is 0. The highest BCUT2D eigenvalue weighted by atomic mass is 16.6. The van der Waals surface area contributed by atoms with Crippen molar-refractivity contribution in [1.82, 2.24) is 4.90 Å². The predicted octanol–water partition coefficient (Wildman–Crippen LogP) is 4.16. The van der Waals surface area contributed by atoms with Crippen molar-refractivity contribution in [2.45, 2.75) is 66.4 Å². The molecule has 0 unspecified atom stereocenters. The van der Waals surface area contributed by atoms with Gasteiger partial charge in [-0.1, -0.05) is 33.8 Å². The van der Waals surface area contributed by atoms with Crippen LogP contribution in [0.25, 0.3) is 0 Å². The lowest BCUT2D eigenvalue weighted by molar-refractivity contribution is -0.144. The number of allylic oxidation sites excluding steroid dienone is 3. The minimum absolute atomic E-state index is 0.0587. The van der Waals surface area contributed by atoms with Crippen LogP contribution in [0.2, 0.25) is 0 Å². The van der Waals surface area contributed by atoms with Crippen molar-refractivity contribution in [3.63, 3.8) is 0 Å². The zero-order chi connectivity index (χ0) is 20.3. The van der Waals surface area contributed by atoms with E-state index in [1.54, 1.807) is 6.08 Å². The lowest BCUT2D eigenvalue weighted by atomic mass is 9.61. The lowest BCUT2D eigenvalue weighted by Crippen LogP contribution is -2.43. The van der Waals surface area contributed by atoms with Gasteiger partial charge < -0.3 is 9.64 Å². The molecule has 0 aromatic carbocycles. The Balaban J connectivity index is 1.56.